The van der Waals surface area contributed by atoms with Gasteiger partial charge in [0.15, 0.2) is 0 Å². The van der Waals surface area contributed by atoms with Crippen molar-refractivity contribution in [3.05, 3.63) is 0 Å². The summed E-state index contributed by atoms with van der Waals surface area (Å²) in [5.41, 5.74) is 0. The number of rotatable bonds is 6. The third-order valence-electron chi connectivity index (χ3n) is 3.09. The first-order valence-corrected chi connectivity index (χ1v) is 7.05. The molecule has 0 aromatic rings. The predicted octanol–water partition coefficient (Wildman–Crippen LogP) is 3.44. The number of nitrogens with one attached hydrogen (secondary N) is 1. The highest BCUT2D eigenvalue weighted by molar-refractivity contribution is 8.00. The molecule has 0 spiro atoms. The fourth-order valence-electron chi connectivity index (χ4n) is 1.91. The molecule has 0 aromatic heterocycles. The molecule has 2 unspecified atom stereocenters. The topological polar surface area (TPSA) is 12.0 Å². The zero-order valence-corrected chi connectivity index (χ0v) is 10.7. The average Bonchev–Trinajstić information content (AvgIpc) is 2.66. The van der Waals surface area contributed by atoms with Gasteiger partial charge in [0.1, 0.15) is 0 Å². The summed E-state index contributed by atoms with van der Waals surface area (Å²) in [5, 5.41) is 5.33. The number of thioether (sulfide) groups is 1. The zero-order valence-electron chi connectivity index (χ0n) is 9.88. The molecule has 1 rings (SSSR count). The van der Waals surface area contributed by atoms with Gasteiger partial charge in [-0.3, -0.25) is 0 Å². The lowest BCUT2D eigenvalue weighted by molar-refractivity contribution is 0.536. The van der Waals surface area contributed by atoms with Gasteiger partial charge in [0, 0.05) is 23.1 Å². The minimum absolute atomic E-state index is 0.682. The molecule has 0 bridgehead atoms. The summed E-state index contributed by atoms with van der Waals surface area (Å²) >= 11 is 2.20. The Bertz CT molecular complexity index is 143. The molecule has 0 saturated heterocycles. The largest absolute Gasteiger partial charge is 0.313 e. The van der Waals surface area contributed by atoms with Crippen molar-refractivity contribution in [3.63, 3.8) is 0 Å². The van der Waals surface area contributed by atoms with Crippen LogP contribution in [0.4, 0.5) is 0 Å². The van der Waals surface area contributed by atoms with Crippen LogP contribution in [0.3, 0.4) is 0 Å². The minimum atomic E-state index is 0.682. The molecule has 1 aliphatic carbocycles. The van der Waals surface area contributed by atoms with Crippen molar-refractivity contribution in [2.75, 3.05) is 6.54 Å². The van der Waals surface area contributed by atoms with Gasteiger partial charge < -0.3 is 5.32 Å². The van der Waals surface area contributed by atoms with Crippen LogP contribution in [0.15, 0.2) is 0 Å². The molecule has 2 heteroatoms. The SMILES string of the molecule is CCC(C)NCC(C)SC1CCCC1. The lowest BCUT2D eigenvalue weighted by Crippen LogP contribution is -2.31. The maximum absolute atomic E-state index is 3.59. The molecule has 2 atom stereocenters. The van der Waals surface area contributed by atoms with Crippen molar-refractivity contribution in [1.82, 2.24) is 5.32 Å². The first-order valence-electron chi connectivity index (χ1n) is 6.11. The Morgan fingerprint density at radius 2 is 1.93 bits per heavy atom. The molecule has 1 aliphatic rings. The van der Waals surface area contributed by atoms with Gasteiger partial charge in [-0.15, -0.1) is 0 Å². The van der Waals surface area contributed by atoms with Crippen molar-refractivity contribution >= 4 is 11.8 Å². The summed E-state index contributed by atoms with van der Waals surface area (Å²) in [5.74, 6) is 0. The van der Waals surface area contributed by atoms with Crippen LogP contribution < -0.4 is 5.32 Å². The Morgan fingerprint density at radius 1 is 1.29 bits per heavy atom. The van der Waals surface area contributed by atoms with Gasteiger partial charge in [-0.25, -0.2) is 0 Å². The third kappa shape index (κ3) is 4.70. The van der Waals surface area contributed by atoms with Crippen LogP contribution in [0.5, 0.6) is 0 Å². The molecule has 0 radical (unpaired) electrons. The first kappa shape index (κ1) is 12.4. The quantitative estimate of drug-likeness (QED) is 0.728. The number of hydrogen-bond donors (Lipinski definition) is 1. The van der Waals surface area contributed by atoms with E-state index >= 15 is 0 Å². The van der Waals surface area contributed by atoms with Crippen molar-refractivity contribution in [2.45, 2.75) is 69.4 Å². The fourth-order valence-corrected chi connectivity index (χ4v) is 3.37. The standard InChI is InChI=1S/C12H25NS/c1-4-10(2)13-9-11(3)14-12-7-5-6-8-12/h10-13H,4-9H2,1-3H3. The van der Waals surface area contributed by atoms with E-state index in [2.05, 4.69) is 37.8 Å². The van der Waals surface area contributed by atoms with E-state index in [1.165, 1.54) is 38.6 Å². The lowest BCUT2D eigenvalue weighted by Gasteiger charge is -2.19. The first-order chi connectivity index (χ1) is 6.72. The molecule has 0 amide bonds. The molecule has 1 saturated carbocycles. The van der Waals surface area contributed by atoms with E-state index in [0.29, 0.717) is 6.04 Å². The highest BCUT2D eigenvalue weighted by atomic mass is 32.2. The molecule has 1 nitrogen and oxygen atoms in total. The Labute approximate surface area is 93.4 Å². The second-order valence-corrected chi connectivity index (χ2v) is 6.31. The van der Waals surface area contributed by atoms with E-state index < -0.39 is 0 Å². The molecule has 0 aliphatic heterocycles. The maximum Gasteiger partial charge on any atom is 0.0147 e. The summed E-state index contributed by atoms with van der Waals surface area (Å²) in [6, 6.07) is 0.682. The van der Waals surface area contributed by atoms with Crippen LogP contribution in [0.2, 0.25) is 0 Å². The predicted molar refractivity (Wildman–Crippen MR) is 67.1 cm³/mol. The molecule has 0 heterocycles. The Hall–Kier alpha value is 0.310. The van der Waals surface area contributed by atoms with Crippen molar-refractivity contribution in [3.8, 4) is 0 Å². The van der Waals surface area contributed by atoms with Gasteiger partial charge >= 0.3 is 0 Å². The molecular weight excluding hydrogens is 190 g/mol. The highest BCUT2D eigenvalue weighted by Crippen LogP contribution is 2.31. The molecular formula is C12H25NS. The lowest BCUT2D eigenvalue weighted by atomic mass is 10.2. The Kier molecular flexibility index (Phi) is 5.95. The van der Waals surface area contributed by atoms with Crippen molar-refractivity contribution in [2.24, 2.45) is 0 Å². The summed E-state index contributed by atoms with van der Waals surface area (Å²) in [4.78, 5) is 0. The zero-order chi connectivity index (χ0) is 10.4. The van der Waals surface area contributed by atoms with E-state index in [-0.39, 0.29) is 0 Å². The summed E-state index contributed by atoms with van der Waals surface area (Å²) in [7, 11) is 0. The van der Waals surface area contributed by atoms with E-state index in [4.69, 9.17) is 0 Å². The van der Waals surface area contributed by atoms with Crippen LogP contribution in [0, 0.1) is 0 Å². The molecule has 84 valence electrons. The Morgan fingerprint density at radius 3 is 2.50 bits per heavy atom. The summed E-state index contributed by atoms with van der Waals surface area (Å²) in [6.07, 6.45) is 7.07. The van der Waals surface area contributed by atoms with Crippen LogP contribution in [-0.4, -0.2) is 23.1 Å². The van der Waals surface area contributed by atoms with Crippen LogP contribution in [0.25, 0.3) is 0 Å². The van der Waals surface area contributed by atoms with E-state index in [0.717, 1.165) is 10.5 Å². The van der Waals surface area contributed by atoms with Crippen molar-refractivity contribution in [1.29, 1.82) is 0 Å². The normalized spacial score (nSPS) is 22.5. The van der Waals surface area contributed by atoms with Crippen LogP contribution in [0.1, 0.15) is 52.9 Å². The second-order valence-electron chi connectivity index (χ2n) is 4.57. The fraction of sp³-hybridized carbons (Fsp3) is 1.00. The van der Waals surface area contributed by atoms with Crippen LogP contribution in [-0.2, 0) is 0 Å². The van der Waals surface area contributed by atoms with Gasteiger partial charge in [-0.05, 0) is 26.2 Å². The summed E-state index contributed by atoms with van der Waals surface area (Å²) < 4.78 is 0. The van der Waals surface area contributed by atoms with Gasteiger partial charge in [-0.2, -0.15) is 11.8 Å². The number of hydrogen-bond acceptors (Lipinski definition) is 2. The minimum Gasteiger partial charge on any atom is -0.313 e. The molecule has 14 heavy (non-hydrogen) atoms. The highest BCUT2D eigenvalue weighted by Gasteiger charge is 2.18. The Balaban J connectivity index is 2.05. The molecule has 0 aromatic carbocycles. The average molecular weight is 215 g/mol. The van der Waals surface area contributed by atoms with E-state index in [9.17, 15) is 0 Å². The van der Waals surface area contributed by atoms with Gasteiger partial charge in [0.05, 0.1) is 0 Å². The van der Waals surface area contributed by atoms with Crippen LogP contribution >= 0.6 is 11.8 Å². The van der Waals surface area contributed by atoms with E-state index in [1.54, 1.807) is 0 Å². The smallest absolute Gasteiger partial charge is 0.0147 e. The molecule has 1 N–H and O–H groups in total. The van der Waals surface area contributed by atoms with E-state index in [1.807, 2.05) is 0 Å². The monoisotopic (exact) mass is 215 g/mol. The summed E-state index contributed by atoms with van der Waals surface area (Å²) in [6.45, 7) is 8.05. The van der Waals surface area contributed by atoms with Gasteiger partial charge in [-0.1, -0.05) is 26.7 Å². The maximum atomic E-state index is 3.59. The van der Waals surface area contributed by atoms with Gasteiger partial charge in [0.2, 0.25) is 0 Å². The third-order valence-corrected chi connectivity index (χ3v) is 4.58. The van der Waals surface area contributed by atoms with Gasteiger partial charge in [0.25, 0.3) is 0 Å². The molecule has 1 fully saturated rings. The van der Waals surface area contributed by atoms with Crippen molar-refractivity contribution < 1.29 is 0 Å². The second kappa shape index (κ2) is 6.73.